The van der Waals surface area contributed by atoms with Crippen molar-refractivity contribution in [2.45, 2.75) is 25.9 Å². The van der Waals surface area contributed by atoms with E-state index < -0.39 is 0 Å². The predicted octanol–water partition coefficient (Wildman–Crippen LogP) is 2.41. The van der Waals surface area contributed by atoms with E-state index >= 15 is 0 Å². The first kappa shape index (κ1) is 19.8. The van der Waals surface area contributed by atoms with Crippen LogP contribution in [0, 0.1) is 16.7 Å². The van der Waals surface area contributed by atoms with Gasteiger partial charge in [-0.05, 0) is 23.1 Å². The van der Waals surface area contributed by atoms with Gasteiger partial charge in [0, 0.05) is 24.8 Å². The number of hydrogen-bond acceptors (Lipinski definition) is 4. The van der Waals surface area contributed by atoms with Crippen molar-refractivity contribution >= 4 is 11.7 Å². The Hall–Kier alpha value is -3.92. The highest BCUT2D eigenvalue weighted by atomic mass is 16.1. The number of carbonyl (C=O) groups excluding carboxylic acids is 1. The molecular formula is C22H22N6O. The summed E-state index contributed by atoms with van der Waals surface area (Å²) >= 11 is 0. The molecule has 1 aromatic heterocycles. The summed E-state index contributed by atoms with van der Waals surface area (Å²) in [5, 5.41) is 23.2. The molecule has 0 spiro atoms. The van der Waals surface area contributed by atoms with E-state index in [2.05, 4.69) is 16.5 Å². The molecule has 3 aromatic rings. The lowest BCUT2D eigenvalue weighted by Crippen LogP contribution is -2.22. The van der Waals surface area contributed by atoms with Crippen LogP contribution in [0.4, 0.5) is 0 Å². The van der Waals surface area contributed by atoms with Crippen LogP contribution in [-0.4, -0.2) is 21.5 Å². The first-order valence-electron chi connectivity index (χ1n) is 9.24. The van der Waals surface area contributed by atoms with Gasteiger partial charge in [-0.1, -0.05) is 48.5 Å². The minimum atomic E-state index is -0.187. The summed E-state index contributed by atoms with van der Waals surface area (Å²) in [5.74, 6) is -0.168. The molecule has 0 unspecified atom stereocenters. The van der Waals surface area contributed by atoms with Gasteiger partial charge in [-0.3, -0.25) is 14.9 Å². The molecule has 0 aliphatic heterocycles. The molecule has 0 saturated carbocycles. The monoisotopic (exact) mass is 386 g/mol. The molecule has 0 saturated heterocycles. The van der Waals surface area contributed by atoms with E-state index in [9.17, 15) is 4.79 Å². The van der Waals surface area contributed by atoms with Crippen molar-refractivity contribution in [3.63, 3.8) is 0 Å². The summed E-state index contributed by atoms with van der Waals surface area (Å²) in [6, 6.07) is 17.3. The number of aryl methyl sites for hydroxylation is 2. The van der Waals surface area contributed by atoms with E-state index in [1.165, 1.54) is 0 Å². The normalized spacial score (nSPS) is 10.3. The van der Waals surface area contributed by atoms with Crippen LogP contribution in [0.15, 0.2) is 60.9 Å². The maximum absolute atomic E-state index is 12.3. The van der Waals surface area contributed by atoms with Crippen LogP contribution in [0.3, 0.4) is 0 Å². The molecular weight excluding hydrogens is 364 g/mol. The van der Waals surface area contributed by atoms with E-state index in [0.29, 0.717) is 30.6 Å². The Bertz CT molecular complexity index is 1030. The summed E-state index contributed by atoms with van der Waals surface area (Å²) in [4.78, 5) is 12.3. The zero-order valence-corrected chi connectivity index (χ0v) is 15.9. The van der Waals surface area contributed by atoms with E-state index in [0.717, 1.165) is 23.1 Å². The number of rotatable bonds is 8. The number of nitriles is 1. The number of nitrogens with two attached hydrogens (primary N) is 1. The third-order valence-electron chi connectivity index (χ3n) is 4.55. The number of benzene rings is 2. The van der Waals surface area contributed by atoms with Gasteiger partial charge in [0.1, 0.15) is 5.84 Å². The van der Waals surface area contributed by atoms with Crippen LogP contribution in [-0.2, 0) is 25.9 Å². The summed E-state index contributed by atoms with van der Waals surface area (Å²) in [6.45, 7) is 1.05. The largest absolute Gasteiger partial charge is 0.384 e. The number of amides is 1. The first-order chi connectivity index (χ1) is 14.0. The van der Waals surface area contributed by atoms with Crippen LogP contribution in [0.1, 0.15) is 32.6 Å². The van der Waals surface area contributed by atoms with E-state index in [4.69, 9.17) is 16.4 Å². The highest BCUT2D eigenvalue weighted by Gasteiger charge is 2.09. The molecule has 1 amide bonds. The number of nitrogens with one attached hydrogen (secondary N) is 2. The number of carbonyl (C=O) groups is 1. The van der Waals surface area contributed by atoms with Crippen LogP contribution in [0.25, 0.3) is 0 Å². The van der Waals surface area contributed by atoms with Crippen LogP contribution < -0.4 is 11.1 Å². The third-order valence-corrected chi connectivity index (χ3v) is 4.55. The SMILES string of the molecule is N#CCc1ccc(CCn2cc(C(=O)NCc3ccc(C(=N)N)cc3)cn2)cc1. The van der Waals surface area contributed by atoms with Gasteiger partial charge in [-0.15, -0.1) is 0 Å². The summed E-state index contributed by atoms with van der Waals surface area (Å²) in [7, 11) is 0. The Morgan fingerprint density at radius 1 is 1.07 bits per heavy atom. The van der Waals surface area contributed by atoms with Crippen molar-refractivity contribution in [3.05, 3.63) is 88.7 Å². The molecule has 4 N–H and O–H groups in total. The molecule has 1 heterocycles. The zero-order valence-electron chi connectivity index (χ0n) is 15.9. The molecule has 0 aliphatic rings. The molecule has 0 bridgehead atoms. The fraction of sp³-hybridized carbons (Fsp3) is 0.182. The van der Waals surface area contributed by atoms with Gasteiger partial charge < -0.3 is 11.1 Å². The second-order valence-electron chi connectivity index (χ2n) is 6.69. The lowest BCUT2D eigenvalue weighted by Gasteiger charge is -2.05. The van der Waals surface area contributed by atoms with Crippen molar-refractivity contribution in [1.29, 1.82) is 10.7 Å². The molecule has 0 fully saturated rings. The number of aromatic nitrogens is 2. The lowest BCUT2D eigenvalue weighted by atomic mass is 10.1. The standard InChI is InChI=1S/C22H22N6O/c23-11-9-16-1-3-17(4-2-16)10-12-28-15-20(14-27-28)22(29)26-13-18-5-7-19(8-6-18)21(24)25/h1-8,14-15H,9-10,12-13H2,(H3,24,25)(H,26,29). The average molecular weight is 386 g/mol. The van der Waals surface area contributed by atoms with E-state index in [1.807, 2.05) is 36.4 Å². The van der Waals surface area contributed by atoms with Crippen molar-refractivity contribution < 1.29 is 4.79 Å². The molecule has 2 aromatic carbocycles. The van der Waals surface area contributed by atoms with Gasteiger partial charge in [0.25, 0.3) is 5.91 Å². The summed E-state index contributed by atoms with van der Waals surface area (Å²) < 4.78 is 1.75. The molecule has 7 nitrogen and oxygen atoms in total. The average Bonchev–Trinajstić information content (AvgIpc) is 3.21. The fourth-order valence-corrected chi connectivity index (χ4v) is 2.85. The van der Waals surface area contributed by atoms with Gasteiger partial charge >= 0.3 is 0 Å². The molecule has 7 heteroatoms. The number of nitrogens with zero attached hydrogens (tertiary/aromatic N) is 3. The molecule has 29 heavy (non-hydrogen) atoms. The molecule has 0 aliphatic carbocycles. The lowest BCUT2D eigenvalue weighted by molar-refractivity contribution is 0.0951. The second kappa shape index (κ2) is 9.33. The molecule has 146 valence electrons. The Labute approximate surface area is 169 Å². The van der Waals surface area contributed by atoms with Gasteiger partial charge in [0.2, 0.25) is 0 Å². The van der Waals surface area contributed by atoms with Gasteiger partial charge in [-0.25, -0.2) is 0 Å². The molecule has 0 radical (unpaired) electrons. The molecule has 3 rings (SSSR count). The van der Waals surface area contributed by atoms with Crippen molar-refractivity contribution in [1.82, 2.24) is 15.1 Å². The first-order valence-corrected chi connectivity index (χ1v) is 9.24. The maximum atomic E-state index is 12.3. The Kier molecular flexibility index (Phi) is 6.38. The third kappa shape index (κ3) is 5.53. The van der Waals surface area contributed by atoms with Crippen LogP contribution in [0.2, 0.25) is 0 Å². The van der Waals surface area contributed by atoms with Crippen molar-refractivity contribution in [3.8, 4) is 6.07 Å². The molecule has 0 atom stereocenters. The smallest absolute Gasteiger partial charge is 0.254 e. The van der Waals surface area contributed by atoms with Crippen molar-refractivity contribution in [2.24, 2.45) is 5.73 Å². The number of nitrogen functional groups attached to an aromatic ring is 1. The highest BCUT2D eigenvalue weighted by Crippen LogP contribution is 2.08. The second-order valence-corrected chi connectivity index (χ2v) is 6.69. The zero-order chi connectivity index (χ0) is 20.6. The summed E-state index contributed by atoms with van der Waals surface area (Å²) in [6.07, 6.45) is 4.50. The number of hydrogen-bond donors (Lipinski definition) is 3. The van der Waals surface area contributed by atoms with Gasteiger partial charge in [0.05, 0.1) is 24.3 Å². The fourth-order valence-electron chi connectivity index (χ4n) is 2.85. The summed E-state index contributed by atoms with van der Waals surface area (Å²) in [5.41, 5.74) is 9.69. The minimum absolute atomic E-state index is 0.0195. The quantitative estimate of drug-likeness (QED) is 0.406. The van der Waals surface area contributed by atoms with Crippen LogP contribution in [0.5, 0.6) is 0 Å². The minimum Gasteiger partial charge on any atom is -0.384 e. The Morgan fingerprint density at radius 2 is 1.72 bits per heavy atom. The maximum Gasteiger partial charge on any atom is 0.254 e. The Balaban J connectivity index is 1.50. The van der Waals surface area contributed by atoms with E-state index in [-0.39, 0.29) is 11.7 Å². The highest BCUT2D eigenvalue weighted by molar-refractivity contribution is 5.95. The van der Waals surface area contributed by atoms with Crippen molar-refractivity contribution in [2.75, 3.05) is 0 Å². The van der Waals surface area contributed by atoms with Crippen LogP contribution >= 0.6 is 0 Å². The van der Waals surface area contributed by atoms with E-state index in [1.54, 1.807) is 29.2 Å². The van der Waals surface area contributed by atoms with Gasteiger partial charge in [-0.2, -0.15) is 10.4 Å². The predicted molar refractivity (Wildman–Crippen MR) is 110 cm³/mol. The van der Waals surface area contributed by atoms with Gasteiger partial charge in [0.15, 0.2) is 0 Å². The topological polar surface area (TPSA) is 121 Å². The number of amidine groups is 1. The Morgan fingerprint density at radius 3 is 2.38 bits per heavy atom.